The topological polar surface area (TPSA) is 56.5 Å². The van der Waals surface area contributed by atoms with Crippen molar-refractivity contribution in [2.45, 2.75) is 39.0 Å². The average molecular weight is 286 g/mol. The fourth-order valence-corrected chi connectivity index (χ4v) is 2.55. The largest absolute Gasteiger partial charge is 0.426 e. The van der Waals surface area contributed by atoms with Gasteiger partial charge in [0.1, 0.15) is 11.3 Å². The van der Waals surface area contributed by atoms with Gasteiger partial charge in [0.25, 0.3) is 0 Å². The molecule has 0 unspecified atom stereocenters. The zero-order chi connectivity index (χ0) is 15.0. The third kappa shape index (κ3) is 2.71. The Hall–Kier alpha value is -2.10. The van der Waals surface area contributed by atoms with Crippen LogP contribution in [0.15, 0.2) is 33.5 Å². The van der Waals surface area contributed by atoms with Crippen LogP contribution in [0.4, 0.5) is 0 Å². The molecule has 1 aromatic heterocycles. The second-order valence-corrected chi connectivity index (χ2v) is 5.88. The SMILES string of the molecule is CC(C)c1cc(=O)oc2cc(OC(=O)C3CCC3)ccc12. The monoisotopic (exact) mass is 286 g/mol. The maximum absolute atomic E-state index is 11.9. The molecule has 0 amide bonds. The number of ether oxygens (including phenoxy) is 1. The molecule has 0 N–H and O–H groups in total. The highest BCUT2D eigenvalue weighted by molar-refractivity contribution is 5.83. The number of esters is 1. The van der Waals surface area contributed by atoms with Crippen LogP contribution in [0, 0.1) is 5.92 Å². The summed E-state index contributed by atoms with van der Waals surface area (Å²) in [5, 5.41) is 0.882. The molecular weight excluding hydrogens is 268 g/mol. The quantitative estimate of drug-likeness (QED) is 0.491. The molecule has 0 radical (unpaired) electrons. The predicted octanol–water partition coefficient (Wildman–Crippen LogP) is 3.62. The molecule has 0 spiro atoms. The van der Waals surface area contributed by atoms with Crippen LogP contribution in [0.5, 0.6) is 5.75 Å². The second-order valence-electron chi connectivity index (χ2n) is 5.88. The van der Waals surface area contributed by atoms with Crippen LogP contribution < -0.4 is 10.4 Å². The van der Waals surface area contributed by atoms with E-state index in [2.05, 4.69) is 0 Å². The zero-order valence-corrected chi connectivity index (χ0v) is 12.2. The molecule has 4 nitrogen and oxygen atoms in total. The van der Waals surface area contributed by atoms with E-state index in [1.165, 1.54) is 6.07 Å². The van der Waals surface area contributed by atoms with Crippen molar-refractivity contribution in [1.82, 2.24) is 0 Å². The Morgan fingerprint density at radius 2 is 2.05 bits per heavy atom. The van der Waals surface area contributed by atoms with Crippen molar-refractivity contribution in [3.05, 3.63) is 40.2 Å². The smallest absolute Gasteiger partial charge is 0.336 e. The van der Waals surface area contributed by atoms with Crippen molar-refractivity contribution in [1.29, 1.82) is 0 Å². The molecule has 1 aliphatic carbocycles. The highest BCUT2D eigenvalue weighted by Crippen LogP contribution is 2.30. The number of fused-ring (bicyclic) bond motifs is 1. The van der Waals surface area contributed by atoms with E-state index in [0.717, 1.165) is 30.2 Å². The van der Waals surface area contributed by atoms with Crippen molar-refractivity contribution in [3.63, 3.8) is 0 Å². The van der Waals surface area contributed by atoms with Gasteiger partial charge in [-0.25, -0.2) is 4.79 Å². The molecule has 4 heteroatoms. The Morgan fingerprint density at radius 1 is 1.29 bits per heavy atom. The van der Waals surface area contributed by atoms with Gasteiger partial charge in [-0.05, 0) is 36.5 Å². The van der Waals surface area contributed by atoms with Crippen molar-refractivity contribution in [2.24, 2.45) is 5.92 Å². The van der Waals surface area contributed by atoms with Crippen molar-refractivity contribution < 1.29 is 13.9 Å². The van der Waals surface area contributed by atoms with Crippen LogP contribution in [0.25, 0.3) is 11.0 Å². The minimum absolute atomic E-state index is 0.0229. The lowest BCUT2D eigenvalue weighted by Gasteiger charge is -2.22. The van der Waals surface area contributed by atoms with Gasteiger partial charge in [0.05, 0.1) is 5.92 Å². The van der Waals surface area contributed by atoms with Gasteiger partial charge in [0.2, 0.25) is 0 Å². The van der Waals surface area contributed by atoms with Gasteiger partial charge in [-0.1, -0.05) is 20.3 Å². The van der Waals surface area contributed by atoms with Gasteiger partial charge in [-0.2, -0.15) is 0 Å². The summed E-state index contributed by atoms with van der Waals surface area (Å²) in [6.07, 6.45) is 2.89. The standard InChI is InChI=1S/C17H18O4/c1-10(2)14-9-16(18)21-15-8-12(6-7-13(14)15)20-17(19)11-4-3-5-11/h6-11H,3-5H2,1-2H3. The average Bonchev–Trinajstić information content (AvgIpc) is 2.34. The normalized spacial score (nSPS) is 15.2. The highest BCUT2D eigenvalue weighted by Gasteiger charge is 2.27. The highest BCUT2D eigenvalue weighted by atomic mass is 16.5. The Labute approximate surface area is 122 Å². The molecule has 1 aromatic carbocycles. The van der Waals surface area contributed by atoms with Crippen LogP contribution in [0.3, 0.4) is 0 Å². The Kier molecular flexibility index (Phi) is 3.53. The molecular formula is C17H18O4. The van der Waals surface area contributed by atoms with Crippen LogP contribution in [-0.4, -0.2) is 5.97 Å². The van der Waals surface area contributed by atoms with Gasteiger partial charge in [0.15, 0.2) is 0 Å². The summed E-state index contributed by atoms with van der Waals surface area (Å²) in [6, 6.07) is 6.74. The summed E-state index contributed by atoms with van der Waals surface area (Å²) in [5.41, 5.74) is 1.02. The van der Waals surface area contributed by atoms with E-state index in [1.54, 1.807) is 12.1 Å². The summed E-state index contributed by atoms with van der Waals surface area (Å²) < 4.78 is 10.6. The van der Waals surface area contributed by atoms with Crippen LogP contribution >= 0.6 is 0 Å². The van der Waals surface area contributed by atoms with Crippen LogP contribution in [0.2, 0.25) is 0 Å². The maximum Gasteiger partial charge on any atom is 0.336 e. The Balaban J connectivity index is 1.96. The lowest BCUT2D eigenvalue weighted by atomic mass is 9.86. The number of hydrogen-bond acceptors (Lipinski definition) is 4. The second kappa shape index (κ2) is 5.35. The van der Waals surface area contributed by atoms with Gasteiger partial charge < -0.3 is 9.15 Å². The van der Waals surface area contributed by atoms with E-state index >= 15 is 0 Å². The maximum atomic E-state index is 11.9. The number of rotatable bonds is 3. The first kappa shape index (κ1) is 13.9. The van der Waals surface area contributed by atoms with E-state index in [4.69, 9.17) is 9.15 Å². The van der Waals surface area contributed by atoms with Gasteiger partial charge in [-0.3, -0.25) is 4.79 Å². The van der Waals surface area contributed by atoms with E-state index in [1.807, 2.05) is 19.9 Å². The summed E-state index contributed by atoms with van der Waals surface area (Å²) in [7, 11) is 0. The summed E-state index contributed by atoms with van der Waals surface area (Å²) >= 11 is 0. The first-order valence-corrected chi connectivity index (χ1v) is 7.34. The van der Waals surface area contributed by atoms with Crippen LogP contribution in [-0.2, 0) is 4.79 Å². The number of benzene rings is 1. The molecule has 110 valence electrons. The summed E-state index contributed by atoms with van der Waals surface area (Å²) in [5.74, 6) is 0.487. The number of carbonyl (C=O) groups excluding carboxylic acids is 1. The van der Waals surface area contributed by atoms with Gasteiger partial charge in [0, 0.05) is 17.5 Å². The fourth-order valence-electron chi connectivity index (χ4n) is 2.55. The molecule has 0 atom stereocenters. The van der Waals surface area contributed by atoms with Gasteiger partial charge in [-0.15, -0.1) is 0 Å². The third-order valence-corrected chi connectivity index (χ3v) is 4.03. The Bertz CT molecular complexity index is 738. The molecule has 1 fully saturated rings. The van der Waals surface area contributed by atoms with Crippen molar-refractivity contribution in [3.8, 4) is 5.75 Å². The number of carbonyl (C=O) groups is 1. The van der Waals surface area contributed by atoms with Crippen molar-refractivity contribution in [2.75, 3.05) is 0 Å². The molecule has 1 saturated carbocycles. The lowest BCUT2D eigenvalue weighted by Crippen LogP contribution is -2.26. The van der Waals surface area contributed by atoms with E-state index < -0.39 is 0 Å². The first-order chi connectivity index (χ1) is 10.0. The van der Waals surface area contributed by atoms with Crippen molar-refractivity contribution >= 4 is 16.9 Å². The molecule has 0 bridgehead atoms. The molecule has 1 aliphatic rings. The van der Waals surface area contributed by atoms with E-state index in [9.17, 15) is 9.59 Å². The third-order valence-electron chi connectivity index (χ3n) is 4.03. The summed E-state index contributed by atoms with van der Waals surface area (Å²) in [4.78, 5) is 23.5. The van der Waals surface area contributed by atoms with E-state index in [0.29, 0.717) is 11.3 Å². The number of hydrogen-bond donors (Lipinski definition) is 0. The lowest BCUT2D eigenvalue weighted by molar-refractivity contribution is -0.141. The minimum atomic E-state index is -0.381. The minimum Gasteiger partial charge on any atom is -0.426 e. The Morgan fingerprint density at radius 3 is 2.67 bits per heavy atom. The predicted molar refractivity (Wildman–Crippen MR) is 79.5 cm³/mol. The molecule has 21 heavy (non-hydrogen) atoms. The van der Waals surface area contributed by atoms with E-state index in [-0.39, 0.29) is 23.4 Å². The molecule has 1 heterocycles. The molecule has 0 saturated heterocycles. The van der Waals surface area contributed by atoms with Crippen LogP contribution in [0.1, 0.15) is 44.6 Å². The molecule has 0 aliphatic heterocycles. The van der Waals surface area contributed by atoms with Gasteiger partial charge >= 0.3 is 11.6 Å². The molecule has 3 rings (SSSR count). The fraction of sp³-hybridized carbons (Fsp3) is 0.412. The zero-order valence-electron chi connectivity index (χ0n) is 12.2. The first-order valence-electron chi connectivity index (χ1n) is 7.34. The molecule has 2 aromatic rings. The summed E-state index contributed by atoms with van der Waals surface area (Å²) in [6.45, 7) is 4.05.